The molecule has 3 aromatic rings. The van der Waals surface area contributed by atoms with Gasteiger partial charge in [-0.05, 0) is 55.9 Å². The van der Waals surface area contributed by atoms with Crippen molar-refractivity contribution >= 4 is 26.6 Å². The molecule has 36 heavy (non-hydrogen) atoms. The molecule has 0 radical (unpaired) electrons. The lowest BCUT2D eigenvalue weighted by molar-refractivity contribution is -0.131. The van der Waals surface area contributed by atoms with Gasteiger partial charge in [-0.2, -0.15) is 0 Å². The van der Waals surface area contributed by atoms with Gasteiger partial charge in [0.15, 0.2) is 14.6 Å². The standard InChI is InChI=1S/C25H27F2N3O5S/c1-25(24(32)29-33,36(2,34)35)9-10-30-14-28-22-13-18(21(27)12-19(22)23(30)31)17-8-7-16(11-20(17)26)6-5-15-3-4-15/h7-8,11-15,33H,3-6,9-10H2,1-2H3,(H,29,32)/t25-/m0/s1. The number of amides is 1. The van der Waals surface area contributed by atoms with Crippen molar-refractivity contribution < 1.29 is 27.2 Å². The number of hydrogen-bond donors (Lipinski definition) is 2. The molecule has 4 rings (SSSR count). The Morgan fingerprint density at radius 3 is 2.50 bits per heavy atom. The van der Waals surface area contributed by atoms with Gasteiger partial charge in [-0.1, -0.05) is 25.0 Å². The second kappa shape index (κ2) is 9.70. The number of hydrogen-bond acceptors (Lipinski definition) is 6. The normalized spacial score (nSPS) is 15.6. The van der Waals surface area contributed by atoms with Crippen LogP contribution in [0.4, 0.5) is 8.78 Å². The number of hydroxylamine groups is 1. The van der Waals surface area contributed by atoms with E-state index in [1.807, 2.05) is 0 Å². The SMILES string of the molecule is C[C@](CCn1cnc2cc(-c3ccc(CCC4CC4)cc3F)c(F)cc2c1=O)(C(=O)NO)S(C)(=O)=O. The molecule has 0 spiro atoms. The molecule has 1 atom stereocenters. The number of nitrogens with one attached hydrogen (secondary N) is 1. The number of aromatic nitrogens is 2. The van der Waals surface area contributed by atoms with Gasteiger partial charge in [0.05, 0.1) is 17.2 Å². The first-order valence-electron chi connectivity index (χ1n) is 11.6. The zero-order valence-corrected chi connectivity index (χ0v) is 20.7. The average Bonchev–Trinajstić information content (AvgIpc) is 3.66. The van der Waals surface area contributed by atoms with Gasteiger partial charge in [-0.3, -0.25) is 19.4 Å². The molecule has 2 N–H and O–H groups in total. The predicted molar refractivity (Wildman–Crippen MR) is 130 cm³/mol. The van der Waals surface area contributed by atoms with Gasteiger partial charge in [-0.15, -0.1) is 0 Å². The third kappa shape index (κ3) is 5.03. The lowest BCUT2D eigenvalue weighted by atomic mass is 9.99. The highest BCUT2D eigenvalue weighted by Crippen LogP contribution is 2.34. The molecule has 192 valence electrons. The number of carbonyl (C=O) groups excluding carboxylic acids is 1. The van der Waals surface area contributed by atoms with E-state index in [2.05, 4.69) is 4.98 Å². The first-order valence-corrected chi connectivity index (χ1v) is 13.5. The van der Waals surface area contributed by atoms with E-state index < -0.39 is 37.7 Å². The van der Waals surface area contributed by atoms with Crippen LogP contribution in [0.15, 0.2) is 41.5 Å². The van der Waals surface area contributed by atoms with Crippen molar-refractivity contribution in [3.8, 4) is 11.1 Å². The fraction of sp³-hybridized carbons (Fsp3) is 0.400. The Hall–Kier alpha value is -3.18. The lowest BCUT2D eigenvalue weighted by Crippen LogP contribution is -2.50. The van der Waals surface area contributed by atoms with Gasteiger partial charge in [0.1, 0.15) is 11.6 Å². The summed E-state index contributed by atoms with van der Waals surface area (Å²) in [5.41, 5.74) is 1.72. The maximum absolute atomic E-state index is 15.0. The zero-order valence-electron chi connectivity index (χ0n) is 19.9. The summed E-state index contributed by atoms with van der Waals surface area (Å²) in [6.07, 6.45) is 5.86. The number of halogens is 2. The first kappa shape index (κ1) is 25.9. The monoisotopic (exact) mass is 519 g/mol. The minimum absolute atomic E-state index is 0.0253. The Balaban J connectivity index is 1.63. The number of aryl methyl sites for hydroxylation is 2. The van der Waals surface area contributed by atoms with Gasteiger partial charge in [-0.25, -0.2) is 27.7 Å². The molecule has 11 heteroatoms. The fourth-order valence-corrected chi connectivity index (χ4v) is 5.02. The van der Waals surface area contributed by atoms with Crippen LogP contribution in [0.5, 0.6) is 0 Å². The van der Waals surface area contributed by atoms with E-state index in [9.17, 15) is 22.4 Å². The van der Waals surface area contributed by atoms with Crippen molar-refractivity contribution in [2.75, 3.05) is 6.26 Å². The number of rotatable bonds is 9. The van der Waals surface area contributed by atoms with Crippen molar-refractivity contribution in [1.82, 2.24) is 15.0 Å². The molecular formula is C25H27F2N3O5S. The molecular weight excluding hydrogens is 492 g/mol. The van der Waals surface area contributed by atoms with Crippen LogP contribution in [0.3, 0.4) is 0 Å². The van der Waals surface area contributed by atoms with Crippen LogP contribution in [0.25, 0.3) is 22.0 Å². The van der Waals surface area contributed by atoms with Gasteiger partial charge in [0.25, 0.3) is 11.5 Å². The first-order chi connectivity index (χ1) is 16.9. The lowest BCUT2D eigenvalue weighted by Gasteiger charge is -2.25. The van der Waals surface area contributed by atoms with Crippen molar-refractivity contribution in [3.05, 3.63) is 64.2 Å². The summed E-state index contributed by atoms with van der Waals surface area (Å²) in [4.78, 5) is 29.1. The Morgan fingerprint density at radius 1 is 1.19 bits per heavy atom. The Bertz CT molecular complexity index is 1500. The van der Waals surface area contributed by atoms with Crippen molar-refractivity contribution in [2.45, 2.75) is 50.3 Å². The second-order valence-corrected chi connectivity index (χ2v) is 12.0. The zero-order chi connectivity index (χ0) is 26.3. The molecule has 1 aromatic heterocycles. The van der Waals surface area contributed by atoms with E-state index in [0.29, 0.717) is 5.92 Å². The number of benzene rings is 2. The van der Waals surface area contributed by atoms with Crippen LogP contribution >= 0.6 is 0 Å². The Labute approximate surface area is 206 Å². The molecule has 0 unspecified atom stereocenters. The molecule has 0 saturated heterocycles. The summed E-state index contributed by atoms with van der Waals surface area (Å²) in [5.74, 6) is -1.78. The summed E-state index contributed by atoms with van der Waals surface area (Å²) in [7, 11) is -3.96. The molecule has 0 bridgehead atoms. The predicted octanol–water partition coefficient (Wildman–Crippen LogP) is 3.38. The minimum Gasteiger partial charge on any atom is -0.299 e. The van der Waals surface area contributed by atoms with E-state index in [-0.39, 0.29) is 35.0 Å². The van der Waals surface area contributed by atoms with E-state index in [1.54, 1.807) is 6.07 Å². The number of carbonyl (C=O) groups is 1. The summed E-state index contributed by atoms with van der Waals surface area (Å²) in [6, 6.07) is 7.00. The second-order valence-electron chi connectivity index (χ2n) is 9.58. The molecule has 1 heterocycles. The summed E-state index contributed by atoms with van der Waals surface area (Å²) >= 11 is 0. The summed E-state index contributed by atoms with van der Waals surface area (Å²) in [6.45, 7) is 0.893. The van der Waals surface area contributed by atoms with Crippen LogP contribution in [0.1, 0.15) is 38.2 Å². The topological polar surface area (TPSA) is 118 Å². The molecule has 0 aliphatic heterocycles. The van der Waals surface area contributed by atoms with Crippen molar-refractivity contribution in [1.29, 1.82) is 0 Å². The number of sulfone groups is 1. The Morgan fingerprint density at radius 2 is 1.89 bits per heavy atom. The number of nitrogens with zero attached hydrogens (tertiary/aromatic N) is 2. The smallest absolute Gasteiger partial charge is 0.264 e. The minimum atomic E-state index is -3.96. The van der Waals surface area contributed by atoms with E-state index >= 15 is 4.39 Å². The van der Waals surface area contributed by atoms with Gasteiger partial charge in [0, 0.05) is 23.9 Å². The van der Waals surface area contributed by atoms with Crippen molar-refractivity contribution in [3.63, 3.8) is 0 Å². The van der Waals surface area contributed by atoms with Crippen LogP contribution in [-0.2, 0) is 27.6 Å². The third-order valence-corrected chi connectivity index (χ3v) is 9.03. The van der Waals surface area contributed by atoms with Crippen LogP contribution in [-0.4, -0.2) is 40.1 Å². The molecule has 1 saturated carbocycles. The van der Waals surface area contributed by atoms with Gasteiger partial charge >= 0.3 is 0 Å². The van der Waals surface area contributed by atoms with E-state index in [0.717, 1.165) is 48.5 Å². The maximum Gasteiger partial charge on any atom is 0.264 e. The molecule has 1 fully saturated rings. The fourth-order valence-electron chi connectivity index (χ4n) is 4.17. The van der Waals surface area contributed by atoms with Crippen molar-refractivity contribution in [2.24, 2.45) is 5.92 Å². The third-order valence-electron chi connectivity index (χ3n) is 7.00. The van der Waals surface area contributed by atoms with Crippen LogP contribution in [0.2, 0.25) is 0 Å². The average molecular weight is 520 g/mol. The van der Waals surface area contributed by atoms with Gasteiger partial charge < -0.3 is 0 Å². The number of fused-ring (bicyclic) bond motifs is 1. The summed E-state index contributed by atoms with van der Waals surface area (Å²) in [5, 5.41) is 8.87. The molecule has 1 aliphatic carbocycles. The van der Waals surface area contributed by atoms with Crippen LogP contribution in [0, 0.1) is 17.6 Å². The molecule has 8 nitrogen and oxygen atoms in total. The van der Waals surface area contributed by atoms with E-state index in [4.69, 9.17) is 5.21 Å². The molecule has 2 aromatic carbocycles. The maximum atomic E-state index is 15.0. The quantitative estimate of drug-likeness (QED) is 0.331. The summed E-state index contributed by atoms with van der Waals surface area (Å²) < 4.78 is 53.2. The largest absolute Gasteiger partial charge is 0.299 e. The highest BCUT2D eigenvalue weighted by atomic mass is 32.2. The molecule has 1 aliphatic rings. The molecule has 1 amide bonds. The highest BCUT2D eigenvalue weighted by molar-refractivity contribution is 7.92. The van der Waals surface area contributed by atoms with E-state index in [1.165, 1.54) is 36.5 Å². The Kier molecular flexibility index (Phi) is 6.98. The van der Waals surface area contributed by atoms with Gasteiger partial charge in [0.2, 0.25) is 0 Å². The highest BCUT2D eigenvalue weighted by Gasteiger charge is 2.43. The van der Waals surface area contributed by atoms with Crippen LogP contribution < -0.4 is 11.0 Å².